The highest BCUT2D eigenvalue weighted by molar-refractivity contribution is 6.30. The predicted octanol–water partition coefficient (Wildman–Crippen LogP) is 2.68. The van der Waals surface area contributed by atoms with Crippen LogP contribution in [0.4, 0.5) is 0 Å². The van der Waals surface area contributed by atoms with E-state index in [1.54, 1.807) is 18.0 Å². The molecule has 0 fully saturated rings. The Hall–Kier alpha value is -1.59. The normalized spacial score (nSPS) is 12.4. The zero-order chi connectivity index (χ0) is 15.4. The van der Waals surface area contributed by atoms with Gasteiger partial charge in [0.25, 0.3) is 0 Å². The summed E-state index contributed by atoms with van der Waals surface area (Å²) in [5.74, 6) is 0.640. The van der Waals surface area contributed by atoms with Crippen molar-refractivity contribution in [2.45, 2.75) is 26.3 Å². The number of methoxy groups -OCH3 is 1. The molecule has 0 spiro atoms. The predicted molar refractivity (Wildman–Crippen MR) is 83.9 cm³/mol. The van der Waals surface area contributed by atoms with Crippen LogP contribution in [0.2, 0.25) is 5.15 Å². The Morgan fingerprint density at radius 1 is 1.48 bits per heavy atom. The standard InChI is InChI=1S/C15H21ClN4O/c1-5-17-13(11-7-6-8-18-15(11)21-4)9-12-10(2)19-20(3)14(12)16/h6-8,13,17H,5,9H2,1-4H3. The number of pyridine rings is 1. The Labute approximate surface area is 130 Å². The number of halogens is 1. The van der Waals surface area contributed by atoms with Gasteiger partial charge in [0.1, 0.15) is 5.15 Å². The summed E-state index contributed by atoms with van der Waals surface area (Å²) in [4.78, 5) is 4.28. The summed E-state index contributed by atoms with van der Waals surface area (Å²) in [6, 6.07) is 4.03. The Balaban J connectivity index is 2.35. The van der Waals surface area contributed by atoms with Crippen molar-refractivity contribution in [3.05, 3.63) is 40.3 Å². The zero-order valence-electron chi connectivity index (χ0n) is 12.9. The third-order valence-electron chi connectivity index (χ3n) is 3.50. The highest BCUT2D eigenvalue weighted by Crippen LogP contribution is 2.29. The number of aryl methyl sites for hydroxylation is 2. The van der Waals surface area contributed by atoms with Gasteiger partial charge in [-0.2, -0.15) is 5.10 Å². The van der Waals surface area contributed by atoms with Gasteiger partial charge in [0.15, 0.2) is 0 Å². The lowest BCUT2D eigenvalue weighted by Gasteiger charge is -2.20. The molecule has 0 aliphatic carbocycles. The fraction of sp³-hybridized carbons (Fsp3) is 0.467. The summed E-state index contributed by atoms with van der Waals surface area (Å²) < 4.78 is 7.08. The van der Waals surface area contributed by atoms with E-state index >= 15 is 0 Å². The number of hydrogen-bond acceptors (Lipinski definition) is 4. The van der Waals surface area contributed by atoms with Crippen LogP contribution in [-0.2, 0) is 13.5 Å². The van der Waals surface area contributed by atoms with Gasteiger partial charge >= 0.3 is 0 Å². The van der Waals surface area contributed by atoms with E-state index in [4.69, 9.17) is 16.3 Å². The number of ether oxygens (including phenoxy) is 1. The summed E-state index contributed by atoms with van der Waals surface area (Å²) in [6.07, 6.45) is 2.47. The van der Waals surface area contributed by atoms with E-state index in [0.717, 1.165) is 29.8 Å². The van der Waals surface area contributed by atoms with E-state index in [1.807, 2.05) is 26.1 Å². The van der Waals surface area contributed by atoms with Gasteiger partial charge in [-0.1, -0.05) is 24.6 Å². The second-order valence-corrected chi connectivity index (χ2v) is 5.25. The molecular formula is C15H21ClN4O. The molecule has 0 aromatic carbocycles. The maximum atomic E-state index is 6.35. The van der Waals surface area contributed by atoms with Crippen LogP contribution in [0.1, 0.15) is 29.8 Å². The maximum Gasteiger partial charge on any atom is 0.217 e. The van der Waals surface area contributed by atoms with E-state index < -0.39 is 0 Å². The molecule has 5 nitrogen and oxygen atoms in total. The number of nitrogens with zero attached hydrogens (tertiary/aromatic N) is 3. The van der Waals surface area contributed by atoms with Gasteiger partial charge in [-0.25, -0.2) is 4.98 Å². The lowest BCUT2D eigenvalue weighted by molar-refractivity contribution is 0.382. The molecule has 0 saturated carbocycles. The van der Waals surface area contributed by atoms with Crippen molar-refractivity contribution in [1.29, 1.82) is 0 Å². The van der Waals surface area contributed by atoms with Crippen LogP contribution >= 0.6 is 11.6 Å². The van der Waals surface area contributed by atoms with Gasteiger partial charge in [-0.05, 0) is 26.0 Å². The van der Waals surface area contributed by atoms with Gasteiger partial charge < -0.3 is 10.1 Å². The molecule has 0 bridgehead atoms. The van der Waals surface area contributed by atoms with E-state index in [-0.39, 0.29) is 6.04 Å². The van der Waals surface area contributed by atoms with Crippen molar-refractivity contribution in [3.8, 4) is 5.88 Å². The topological polar surface area (TPSA) is 52.0 Å². The number of rotatable bonds is 6. The summed E-state index contributed by atoms with van der Waals surface area (Å²) in [7, 11) is 3.49. The molecule has 6 heteroatoms. The summed E-state index contributed by atoms with van der Waals surface area (Å²) in [6.45, 7) is 4.90. The first-order valence-electron chi connectivity index (χ1n) is 6.98. The quantitative estimate of drug-likeness (QED) is 0.891. The number of hydrogen-bond donors (Lipinski definition) is 1. The molecular weight excluding hydrogens is 288 g/mol. The minimum Gasteiger partial charge on any atom is -0.481 e. The minimum absolute atomic E-state index is 0.0825. The minimum atomic E-state index is 0.0825. The summed E-state index contributed by atoms with van der Waals surface area (Å²) in [5, 5.41) is 8.52. The molecule has 2 rings (SSSR count). The third-order valence-corrected chi connectivity index (χ3v) is 3.97. The molecule has 1 unspecified atom stereocenters. The first kappa shape index (κ1) is 15.8. The van der Waals surface area contributed by atoms with Crippen molar-refractivity contribution in [1.82, 2.24) is 20.1 Å². The van der Waals surface area contributed by atoms with Crippen molar-refractivity contribution in [2.75, 3.05) is 13.7 Å². The van der Waals surface area contributed by atoms with Crippen LogP contribution in [-0.4, -0.2) is 28.4 Å². The molecule has 2 aromatic rings. The van der Waals surface area contributed by atoms with Crippen LogP contribution in [0, 0.1) is 6.92 Å². The van der Waals surface area contributed by atoms with Gasteiger partial charge in [0, 0.05) is 30.4 Å². The van der Waals surface area contributed by atoms with Crippen molar-refractivity contribution >= 4 is 11.6 Å². The zero-order valence-corrected chi connectivity index (χ0v) is 13.6. The number of likely N-dealkylation sites (N-methyl/N-ethyl adjacent to an activating group) is 1. The lowest BCUT2D eigenvalue weighted by Crippen LogP contribution is -2.24. The van der Waals surface area contributed by atoms with Crippen LogP contribution < -0.4 is 10.1 Å². The van der Waals surface area contributed by atoms with E-state index in [9.17, 15) is 0 Å². The molecule has 114 valence electrons. The second-order valence-electron chi connectivity index (χ2n) is 4.89. The second kappa shape index (κ2) is 6.91. The van der Waals surface area contributed by atoms with Gasteiger partial charge in [-0.15, -0.1) is 0 Å². The molecule has 2 heterocycles. The number of aromatic nitrogens is 3. The van der Waals surface area contributed by atoms with Gasteiger partial charge in [0.05, 0.1) is 12.8 Å². The fourth-order valence-corrected chi connectivity index (χ4v) is 2.74. The Morgan fingerprint density at radius 2 is 2.24 bits per heavy atom. The Bertz CT molecular complexity index is 612. The average molecular weight is 309 g/mol. The summed E-state index contributed by atoms with van der Waals surface area (Å²) >= 11 is 6.35. The van der Waals surface area contributed by atoms with Crippen molar-refractivity contribution < 1.29 is 4.74 Å². The molecule has 2 aromatic heterocycles. The maximum absolute atomic E-state index is 6.35. The SMILES string of the molecule is CCNC(Cc1c(C)nn(C)c1Cl)c1cccnc1OC. The third kappa shape index (κ3) is 3.36. The first-order valence-corrected chi connectivity index (χ1v) is 7.36. The van der Waals surface area contributed by atoms with E-state index in [2.05, 4.69) is 22.3 Å². The van der Waals surface area contributed by atoms with Crippen LogP contribution in [0.15, 0.2) is 18.3 Å². The molecule has 0 saturated heterocycles. The monoisotopic (exact) mass is 308 g/mol. The highest BCUT2D eigenvalue weighted by atomic mass is 35.5. The van der Waals surface area contributed by atoms with Crippen molar-refractivity contribution in [2.24, 2.45) is 7.05 Å². The van der Waals surface area contributed by atoms with Crippen LogP contribution in [0.25, 0.3) is 0 Å². The van der Waals surface area contributed by atoms with Crippen LogP contribution in [0.3, 0.4) is 0 Å². The fourth-order valence-electron chi connectivity index (χ4n) is 2.49. The molecule has 21 heavy (non-hydrogen) atoms. The number of nitrogens with one attached hydrogen (secondary N) is 1. The van der Waals surface area contributed by atoms with Crippen molar-refractivity contribution in [3.63, 3.8) is 0 Å². The molecule has 1 N–H and O–H groups in total. The average Bonchev–Trinajstić information content (AvgIpc) is 2.73. The molecule has 0 aliphatic rings. The highest BCUT2D eigenvalue weighted by Gasteiger charge is 2.21. The van der Waals surface area contributed by atoms with Gasteiger partial charge in [-0.3, -0.25) is 4.68 Å². The van der Waals surface area contributed by atoms with Crippen LogP contribution in [0.5, 0.6) is 5.88 Å². The Kier molecular flexibility index (Phi) is 5.20. The molecule has 0 aliphatic heterocycles. The van der Waals surface area contributed by atoms with E-state index in [1.165, 1.54) is 0 Å². The molecule has 0 amide bonds. The van der Waals surface area contributed by atoms with Gasteiger partial charge in [0.2, 0.25) is 5.88 Å². The largest absolute Gasteiger partial charge is 0.481 e. The molecule has 0 radical (unpaired) electrons. The lowest BCUT2D eigenvalue weighted by atomic mass is 10.00. The smallest absolute Gasteiger partial charge is 0.217 e. The van der Waals surface area contributed by atoms with E-state index in [0.29, 0.717) is 11.0 Å². The molecule has 1 atom stereocenters. The Morgan fingerprint density at radius 3 is 2.81 bits per heavy atom. The summed E-state index contributed by atoms with van der Waals surface area (Å²) in [5.41, 5.74) is 3.03. The first-order chi connectivity index (χ1) is 10.1.